The highest BCUT2D eigenvalue weighted by atomic mass is 35.5. The van der Waals surface area contributed by atoms with Crippen LogP contribution in [0.1, 0.15) is 44.2 Å². The first-order valence-corrected chi connectivity index (χ1v) is 7.89. The van der Waals surface area contributed by atoms with Gasteiger partial charge in [0, 0.05) is 35.9 Å². The zero-order valence-corrected chi connectivity index (χ0v) is 13.2. The Kier molecular flexibility index (Phi) is 5.70. The van der Waals surface area contributed by atoms with E-state index in [2.05, 4.69) is 35.3 Å². The van der Waals surface area contributed by atoms with E-state index >= 15 is 0 Å². The predicted molar refractivity (Wildman–Crippen MR) is 85.6 cm³/mol. The standard InChI is InChI=1S/C16H25ClN2O/c1-12(18-2)15-8-7-14(11-16(15)17)19-9-3-5-13(19)6-4-10-20/h7-8,11-13,18,20H,3-6,9-10H2,1-2H3. The van der Waals surface area contributed by atoms with Gasteiger partial charge in [0.25, 0.3) is 0 Å². The topological polar surface area (TPSA) is 35.5 Å². The molecular weight excluding hydrogens is 272 g/mol. The Balaban J connectivity index is 2.14. The molecule has 112 valence electrons. The van der Waals surface area contributed by atoms with Gasteiger partial charge in [0.05, 0.1) is 0 Å². The summed E-state index contributed by atoms with van der Waals surface area (Å²) in [7, 11) is 1.94. The lowest BCUT2D eigenvalue weighted by molar-refractivity contribution is 0.279. The maximum Gasteiger partial charge on any atom is 0.0474 e. The lowest BCUT2D eigenvalue weighted by Crippen LogP contribution is -2.29. The normalized spacial score (nSPS) is 20.4. The van der Waals surface area contributed by atoms with Crippen LogP contribution in [0, 0.1) is 0 Å². The van der Waals surface area contributed by atoms with E-state index in [0.29, 0.717) is 6.04 Å². The lowest BCUT2D eigenvalue weighted by Gasteiger charge is -2.27. The van der Waals surface area contributed by atoms with E-state index in [1.807, 2.05) is 7.05 Å². The van der Waals surface area contributed by atoms with E-state index < -0.39 is 0 Å². The highest BCUT2D eigenvalue weighted by Gasteiger charge is 2.24. The van der Waals surface area contributed by atoms with Crippen LogP contribution in [0.2, 0.25) is 5.02 Å². The van der Waals surface area contributed by atoms with Gasteiger partial charge < -0.3 is 15.3 Å². The summed E-state index contributed by atoms with van der Waals surface area (Å²) in [5.41, 5.74) is 2.35. The predicted octanol–water partition coefficient (Wildman–Crippen LogP) is 3.36. The molecule has 2 unspecified atom stereocenters. The van der Waals surface area contributed by atoms with Crippen molar-refractivity contribution in [2.24, 2.45) is 0 Å². The van der Waals surface area contributed by atoms with Gasteiger partial charge in [-0.05, 0) is 57.4 Å². The quantitative estimate of drug-likeness (QED) is 0.845. The Morgan fingerprint density at radius 3 is 2.95 bits per heavy atom. The molecule has 3 nitrogen and oxygen atoms in total. The summed E-state index contributed by atoms with van der Waals surface area (Å²) in [5.74, 6) is 0. The van der Waals surface area contributed by atoms with E-state index in [9.17, 15) is 0 Å². The molecule has 0 aromatic heterocycles. The number of halogens is 1. The largest absolute Gasteiger partial charge is 0.396 e. The van der Waals surface area contributed by atoms with Gasteiger partial charge in [0.1, 0.15) is 0 Å². The average Bonchev–Trinajstić information content (AvgIpc) is 2.92. The number of anilines is 1. The van der Waals surface area contributed by atoms with Crippen LogP contribution < -0.4 is 10.2 Å². The van der Waals surface area contributed by atoms with Crippen LogP contribution in [0.4, 0.5) is 5.69 Å². The van der Waals surface area contributed by atoms with Gasteiger partial charge in [-0.1, -0.05) is 17.7 Å². The first kappa shape index (κ1) is 15.6. The zero-order chi connectivity index (χ0) is 14.5. The number of rotatable bonds is 6. The van der Waals surface area contributed by atoms with Crippen LogP contribution in [0.25, 0.3) is 0 Å². The van der Waals surface area contributed by atoms with Crippen molar-refractivity contribution in [1.29, 1.82) is 0 Å². The van der Waals surface area contributed by atoms with Crippen LogP contribution in [0.15, 0.2) is 18.2 Å². The van der Waals surface area contributed by atoms with Gasteiger partial charge in [0.2, 0.25) is 0 Å². The van der Waals surface area contributed by atoms with Gasteiger partial charge in [-0.25, -0.2) is 0 Å². The van der Waals surface area contributed by atoms with Crippen molar-refractivity contribution in [1.82, 2.24) is 5.32 Å². The van der Waals surface area contributed by atoms with Crippen LogP contribution >= 0.6 is 11.6 Å². The number of benzene rings is 1. The Hall–Kier alpha value is -0.770. The van der Waals surface area contributed by atoms with Crippen molar-refractivity contribution < 1.29 is 5.11 Å². The minimum absolute atomic E-state index is 0.264. The third-order valence-electron chi connectivity index (χ3n) is 4.29. The fourth-order valence-corrected chi connectivity index (χ4v) is 3.34. The molecule has 2 atom stereocenters. The lowest BCUT2D eigenvalue weighted by atomic mass is 10.1. The minimum atomic E-state index is 0.264. The second-order valence-electron chi connectivity index (χ2n) is 5.57. The summed E-state index contributed by atoms with van der Waals surface area (Å²) >= 11 is 6.43. The summed E-state index contributed by atoms with van der Waals surface area (Å²) in [6.45, 7) is 3.48. The first-order chi connectivity index (χ1) is 9.67. The summed E-state index contributed by atoms with van der Waals surface area (Å²) in [4.78, 5) is 2.44. The molecule has 2 N–H and O–H groups in total. The summed E-state index contributed by atoms with van der Waals surface area (Å²) in [5, 5.41) is 13.1. The van der Waals surface area contributed by atoms with Crippen molar-refractivity contribution in [3.63, 3.8) is 0 Å². The number of nitrogens with zero attached hydrogens (tertiary/aromatic N) is 1. The SMILES string of the molecule is CNC(C)c1ccc(N2CCCC2CCCO)cc1Cl. The molecule has 0 aliphatic carbocycles. The Morgan fingerprint density at radius 1 is 1.50 bits per heavy atom. The molecule has 0 saturated carbocycles. The molecule has 1 fully saturated rings. The molecule has 0 bridgehead atoms. The average molecular weight is 297 g/mol. The Bertz CT molecular complexity index is 438. The number of aliphatic hydroxyl groups excluding tert-OH is 1. The summed E-state index contributed by atoms with van der Waals surface area (Å²) < 4.78 is 0. The molecule has 20 heavy (non-hydrogen) atoms. The maximum absolute atomic E-state index is 9.01. The molecule has 0 spiro atoms. The highest BCUT2D eigenvalue weighted by molar-refractivity contribution is 6.31. The smallest absolute Gasteiger partial charge is 0.0474 e. The zero-order valence-electron chi connectivity index (χ0n) is 12.4. The molecule has 1 aliphatic heterocycles. The van der Waals surface area contributed by atoms with Crippen molar-refractivity contribution in [2.75, 3.05) is 25.1 Å². The van der Waals surface area contributed by atoms with Gasteiger partial charge in [-0.15, -0.1) is 0 Å². The molecule has 1 saturated heterocycles. The van der Waals surface area contributed by atoms with Crippen LogP contribution in [0.3, 0.4) is 0 Å². The summed E-state index contributed by atoms with van der Waals surface area (Å²) in [6, 6.07) is 7.19. The van der Waals surface area contributed by atoms with E-state index in [1.54, 1.807) is 0 Å². The molecule has 2 rings (SSSR count). The van der Waals surface area contributed by atoms with Gasteiger partial charge in [-0.3, -0.25) is 0 Å². The molecule has 1 aromatic carbocycles. The molecular formula is C16H25ClN2O. The van der Waals surface area contributed by atoms with E-state index in [-0.39, 0.29) is 12.6 Å². The Labute approximate surface area is 126 Å². The monoisotopic (exact) mass is 296 g/mol. The van der Waals surface area contributed by atoms with Gasteiger partial charge >= 0.3 is 0 Å². The fourth-order valence-electron chi connectivity index (χ4n) is 3.00. The highest BCUT2D eigenvalue weighted by Crippen LogP contribution is 2.32. The second-order valence-corrected chi connectivity index (χ2v) is 5.98. The molecule has 1 aliphatic rings. The van der Waals surface area contributed by atoms with Crippen molar-refractivity contribution in [2.45, 2.75) is 44.7 Å². The number of hydrogen-bond acceptors (Lipinski definition) is 3. The number of nitrogens with one attached hydrogen (secondary N) is 1. The van der Waals surface area contributed by atoms with Crippen molar-refractivity contribution in [3.05, 3.63) is 28.8 Å². The van der Waals surface area contributed by atoms with Crippen LogP contribution in [0.5, 0.6) is 0 Å². The molecule has 0 radical (unpaired) electrons. The van der Waals surface area contributed by atoms with Gasteiger partial charge in [0.15, 0.2) is 0 Å². The fraction of sp³-hybridized carbons (Fsp3) is 0.625. The van der Waals surface area contributed by atoms with Crippen molar-refractivity contribution in [3.8, 4) is 0 Å². The van der Waals surface area contributed by atoms with E-state index in [1.165, 1.54) is 18.5 Å². The van der Waals surface area contributed by atoms with Gasteiger partial charge in [-0.2, -0.15) is 0 Å². The molecule has 1 aromatic rings. The molecule has 4 heteroatoms. The first-order valence-electron chi connectivity index (χ1n) is 7.51. The Morgan fingerprint density at radius 2 is 2.30 bits per heavy atom. The second kappa shape index (κ2) is 7.30. The molecule has 0 amide bonds. The summed E-state index contributed by atoms with van der Waals surface area (Å²) in [6.07, 6.45) is 4.38. The minimum Gasteiger partial charge on any atom is -0.396 e. The third-order valence-corrected chi connectivity index (χ3v) is 4.62. The maximum atomic E-state index is 9.01. The molecule has 1 heterocycles. The van der Waals surface area contributed by atoms with Crippen LogP contribution in [-0.2, 0) is 0 Å². The third kappa shape index (κ3) is 3.46. The number of aliphatic hydroxyl groups is 1. The number of hydrogen-bond donors (Lipinski definition) is 2. The van der Waals surface area contributed by atoms with Crippen LogP contribution in [-0.4, -0.2) is 31.3 Å². The van der Waals surface area contributed by atoms with E-state index in [4.69, 9.17) is 16.7 Å². The van der Waals surface area contributed by atoms with Crippen molar-refractivity contribution >= 4 is 17.3 Å². The van der Waals surface area contributed by atoms with E-state index in [0.717, 1.165) is 30.0 Å².